The van der Waals surface area contributed by atoms with Crippen molar-refractivity contribution in [2.24, 2.45) is 35.5 Å². The number of fused-ring (bicyclic) bond motifs is 6. The van der Waals surface area contributed by atoms with Gasteiger partial charge >= 0.3 is 11.9 Å². The molecule has 5 aromatic heterocycles. The number of anilines is 4. The highest BCUT2D eigenvalue weighted by atomic mass is 16.6. The molecule has 35 nitrogen and oxygen atoms in total. The first-order valence-corrected chi connectivity index (χ1v) is 47.1. The molecule has 5 fully saturated rings. The lowest BCUT2D eigenvalue weighted by atomic mass is 9.78. The van der Waals surface area contributed by atoms with E-state index < -0.39 is 108 Å². The van der Waals surface area contributed by atoms with Crippen LogP contribution in [0.3, 0.4) is 0 Å². The quantitative estimate of drug-likeness (QED) is 0.0183. The Morgan fingerprint density at radius 2 is 1.45 bits per heavy atom. The first kappa shape index (κ1) is 98.1. The summed E-state index contributed by atoms with van der Waals surface area (Å²) in [7, 11) is 4.55. The number of piperazine rings is 2. The van der Waals surface area contributed by atoms with E-state index in [-0.39, 0.29) is 74.1 Å². The van der Waals surface area contributed by atoms with Gasteiger partial charge in [0, 0.05) is 167 Å². The van der Waals surface area contributed by atoms with Gasteiger partial charge in [-0.25, -0.2) is 39.4 Å². The molecular weight excluding hydrogens is 1700 g/mol. The largest absolute Gasteiger partial charge is 0.460 e. The van der Waals surface area contributed by atoms with Gasteiger partial charge in [-0.05, 0) is 160 Å². The lowest BCUT2D eigenvalue weighted by Crippen LogP contribution is -2.61. The predicted octanol–water partition coefficient (Wildman–Crippen LogP) is 8.97. The van der Waals surface area contributed by atoms with Crippen molar-refractivity contribution >= 4 is 87.1 Å². The number of carbonyl (C=O) groups is 7. The van der Waals surface area contributed by atoms with Crippen molar-refractivity contribution in [1.29, 1.82) is 0 Å². The summed E-state index contributed by atoms with van der Waals surface area (Å²) in [6.45, 7) is 20.9. The standard InChI is InChI=1S/C98H131N17O18/c1-59-16-12-11-13-17-60(2)79(126-8)50-73-25-19-65(7)98(125,133-73)89(121)93(123)114-31-15-14-18-75(114)94(124)131-80(51-76(116)61(3)45-64(6)87(120)88(128-10)86(119)63(5)44-59)62(4)46-66-21-26-78(81(48-66)127-9)130-83(118)28-22-68-52-101-96(102-53-68)112-39-37-110(38-40-112)82(117)30-42-129-43-41-109-33-35-111(36-34-109)97-103-54-72(55-104-97)92(122)113-32-29-69-47-67(20-23-71(69)57-113)56-115-91-84(90(99)105-58-106-91)85(108-115)70-24-27-77-74(49-70)107-95(100)132-77/h11-13,16-17,20,23-24,27,45,47,49,52-55,58-59,61-63,65-66,73,75-76,78-81,87-88,116,120,125H,14-15,18-19,21-22,25-26,28-44,46,48,50-51,56-57H2,1-10H3,(H2,100,107)(H2,99,105,106)/b13-11+,16-12+,60-17+,64-45+/t59-,61-,62-,63-,65-,66+,73+,75+,76-,78-,79+,80+,81-,87-,88+,98-/m1/s1. The SMILES string of the molecule is CO[C@H]1C[C@@H]2CC[C@@H](C)[C@@](O)(O2)C(=O)C(=O)N2CCCC[C@H]2C(=O)O[C@H]([C@H](C)C[C@@H]2CC[C@@H](OC(=O)CCc3cnc(N4CCN(C(=O)CCOCCN5CCN(c6ncc(C(=O)N7CCc8cc(Cn9nc(-c%10ccc%11oc(N)nc%11c%10)c%10c(N)ncnc%109)ccc8C7)cn6)CC5)CC4)nc3)[C@H](OC)C2)C[C@@H](O)[C@H](C)/C=C(\C)[C@@H](O)[C@@H](OC)C(=O)[C@H](C)C[C@H](C)/C=C/C=C/C=C/1C. The number of nitrogens with two attached hydrogens (primary N) is 2. The number of esters is 2. The Bertz CT molecular complexity index is 5340. The van der Waals surface area contributed by atoms with E-state index in [0.717, 1.165) is 46.5 Å². The van der Waals surface area contributed by atoms with Gasteiger partial charge in [0.1, 0.15) is 53.8 Å². The second-order valence-corrected chi connectivity index (χ2v) is 37.3. The van der Waals surface area contributed by atoms with E-state index in [1.807, 2.05) is 89.6 Å². The molecule has 716 valence electrons. The molecule has 16 atom stereocenters. The summed E-state index contributed by atoms with van der Waals surface area (Å²) < 4.78 is 49.8. The number of rotatable bonds is 22. The van der Waals surface area contributed by atoms with Crippen LogP contribution in [0.1, 0.15) is 171 Å². The van der Waals surface area contributed by atoms with Crippen LogP contribution in [0.2, 0.25) is 0 Å². The Balaban J connectivity index is 0.499. The molecule has 1 aliphatic carbocycles. The molecule has 2 bridgehead atoms. The number of methoxy groups -OCH3 is 3. The number of oxazole rings is 1. The Morgan fingerprint density at radius 3 is 2.19 bits per heavy atom. The van der Waals surface area contributed by atoms with Gasteiger partial charge in [0.2, 0.25) is 23.6 Å². The third-order valence-corrected chi connectivity index (χ3v) is 27.8. The number of nitrogen functional groups attached to an aromatic ring is 2. The predicted molar refractivity (Wildman–Crippen MR) is 496 cm³/mol. The van der Waals surface area contributed by atoms with Gasteiger partial charge in [-0.15, -0.1) is 0 Å². The number of hydrogen-bond donors (Lipinski definition) is 5. The van der Waals surface area contributed by atoms with Crippen molar-refractivity contribution in [3.8, 4) is 11.3 Å². The third kappa shape index (κ3) is 24.1. The molecule has 7 aromatic rings. The van der Waals surface area contributed by atoms with Crippen molar-refractivity contribution in [3.63, 3.8) is 0 Å². The van der Waals surface area contributed by atoms with Gasteiger partial charge < -0.3 is 88.9 Å². The van der Waals surface area contributed by atoms with Crippen molar-refractivity contribution in [2.75, 3.05) is 128 Å². The number of aliphatic hydroxyl groups excluding tert-OH is 2. The number of amides is 3. The highest BCUT2D eigenvalue weighted by Gasteiger charge is 2.53. The molecule has 14 rings (SSSR count). The zero-order valence-electron chi connectivity index (χ0n) is 78.2. The zero-order chi connectivity index (χ0) is 94.3. The fourth-order valence-electron chi connectivity index (χ4n) is 19.7. The van der Waals surface area contributed by atoms with Crippen LogP contribution < -0.4 is 21.3 Å². The number of hydrogen-bond acceptors (Lipinski definition) is 31. The average molecular weight is 1840 g/mol. The smallest absolute Gasteiger partial charge is 0.329 e. The molecule has 0 unspecified atom stereocenters. The van der Waals surface area contributed by atoms with Gasteiger partial charge in [0.25, 0.3) is 23.6 Å². The van der Waals surface area contributed by atoms with Gasteiger partial charge in [0.05, 0.1) is 61.5 Å². The van der Waals surface area contributed by atoms with Crippen LogP contribution in [0, 0.1) is 35.5 Å². The normalized spacial score (nSPS) is 28.4. The number of ether oxygens (including phenoxy) is 7. The molecule has 2 aromatic carbocycles. The minimum absolute atomic E-state index is 0.00119. The molecule has 0 radical (unpaired) electrons. The monoisotopic (exact) mass is 1830 g/mol. The topological polar surface area (TPSA) is 437 Å². The average Bonchev–Trinajstić information content (AvgIpc) is 1.71. The molecule has 0 spiro atoms. The highest BCUT2D eigenvalue weighted by Crippen LogP contribution is 2.41. The van der Waals surface area contributed by atoms with Crippen LogP contribution in [0.25, 0.3) is 33.4 Å². The van der Waals surface area contributed by atoms with Gasteiger partial charge in [0.15, 0.2) is 17.0 Å². The van der Waals surface area contributed by atoms with E-state index in [4.69, 9.17) is 54.1 Å². The number of aromatic nitrogens is 9. The van der Waals surface area contributed by atoms with E-state index >= 15 is 0 Å². The van der Waals surface area contributed by atoms with Crippen LogP contribution in [-0.2, 0) is 87.9 Å². The zero-order valence-corrected chi connectivity index (χ0v) is 78.2. The summed E-state index contributed by atoms with van der Waals surface area (Å²) in [5.41, 5.74) is 21.1. The minimum atomic E-state index is -2.48. The summed E-state index contributed by atoms with van der Waals surface area (Å²) in [6.07, 6.45) is 19.0. The van der Waals surface area contributed by atoms with Crippen molar-refractivity contribution in [1.82, 2.24) is 64.3 Å². The van der Waals surface area contributed by atoms with E-state index in [0.29, 0.717) is 206 Å². The summed E-state index contributed by atoms with van der Waals surface area (Å²) in [5.74, 6) is -7.03. The van der Waals surface area contributed by atoms with Crippen molar-refractivity contribution < 1.29 is 86.5 Å². The lowest BCUT2D eigenvalue weighted by molar-refractivity contribution is -0.265. The lowest BCUT2D eigenvalue weighted by Gasteiger charge is -2.43. The molecule has 7 N–H and O–H groups in total. The van der Waals surface area contributed by atoms with Gasteiger partial charge in [-0.1, -0.05) is 89.3 Å². The molecular formula is C98H131N17O18. The molecule has 3 amide bonds. The maximum atomic E-state index is 14.9. The number of nitrogens with zero attached hydrogens (tertiary/aromatic N) is 15. The second kappa shape index (κ2) is 45.0. The van der Waals surface area contributed by atoms with Crippen molar-refractivity contribution in [2.45, 2.75) is 225 Å². The second-order valence-electron chi connectivity index (χ2n) is 37.3. The molecule has 4 saturated heterocycles. The number of allylic oxidation sites excluding steroid dienone is 5. The molecule has 35 heteroatoms. The number of Topliss-reactive ketones (excluding diaryl/α,β-unsaturated/α-hetero) is 2. The van der Waals surface area contributed by atoms with Crippen LogP contribution in [0.15, 0.2) is 120 Å². The highest BCUT2D eigenvalue weighted by molar-refractivity contribution is 6.39. The molecule has 1 saturated carbocycles. The van der Waals surface area contributed by atoms with E-state index in [9.17, 15) is 48.9 Å². The third-order valence-electron chi connectivity index (χ3n) is 27.8. The number of cyclic esters (lactones) is 1. The number of ketones is 2. The van der Waals surface area contributed by atoms with Crippen molar-refractivity contribution in [3.05, 3.63) is 143 Å². The maximum absolute atomic E-state index is 14.9. The van der Waals surface area contributed by atoms with E-state index in [1.165, 1.54) is 18.3 Å². The minimum Gasteiger partial charge on any atom is -0.460 e. The molecule has 133 heavy (non-hydrogen) atoms. The Hall–Kier alpha value is -10.9. The van der Waals surface area contributed by atoms with Gasteiger partial charge in [-0.3, -0.25) is 33.7 Å². The fourth-order valence-corrected chi connectivity index (χ4v) is 19.7. The molecule has 11 heterocycles. The Kier molecular flexibility index (Phi) is 33.2. The van der Waals surface area contributed by atoms with E-state index in [1.54, 1.807) is 71.9 Å². The van der Waals surface area contributed by atoms with Gasteiger partial charge in [-0.2, -0.15) is 10.1 Å². The Labute approximate surface area is 776 Å². The number of aryl methyl sites for hydroxylation is 1. The first-order chi connectivity index (χ1) is 64.0. The fraction of sp³-hybridized carbons (Fsp3) is 0.582. The number of carbonyl (C=O) groups excluding carboxylic acids is 7. The summed E-state index contributed by atoms with van der Waals surface area (Å²) in [4.78, 5) is 142. The van der Waals surface area contributed by atoms with E-state index in [2.05, 4.69) is 62.9 Å². The summed E-state index contributed by atoms with van der Waals surface area (Å²) >= 11 is 0. The maximum Gasteiger partial charge on any atom is 0.329 e. The summed E-state index contributed by atoms with van der Waals surface area (Å²) in [6, 6.07) is 10.7. The van der Waals surface area contributed by atoms with Crippen LogP contribution in [0.5, 0.6) is 0 Å². The molecule has 6 aliphatic heterocycles. The first-order valence-electron chi connectivity index (χ1n) is 47.1. The van der Waals surface area contributed by atoms with Crippen LogP contribution >= 0.6 is 0 Å². The van der Waals surface area contributed by atoms with Crippen LogP contribution in [0.4, 0.5) is 23.7 Å². The number of benzene rings is 2. The molecule has 7 aliphatic rings. The Morgan fingerprint density at radius 1 is 0.707 bits per heavy atom. The number of piperidine rings is 1. The summed E-state index contributed by atoms with van der Waals surface area (Å²) in [5, 5.41) is 41.7. The number of aliphatic hydroxyl groups is 3. The van der Waals surface area contributed by atoms with Crippen LogP contribution in [-0.4, -0.2) is 288 Å².